The van der Waals surface area contributed by atoms with Gasteiger partial charge in [-0.2, -0.15) is 0 Å². The Balaban J connectivity index is 1.99. The first kappa shape index (κ1) is 15.1. The number of ether oxygens (including phenoxy) is 1. The summed E-state index contributed by atoms with van der Waals surface area (Å²) in [6.45, 7) is 6.45. The van der Waals surface area contributed by atoms with Gasteiger partial charge >= 0.3 is 0 Å². The third-order valence-corrected chi connectivity index (χ3v) is 3.12. The van der Waals surface area contributed by atoms with E-state index in [9.17, 15) is 0 Å². The fourth-order valence-electron chi connectivity index (χ4n) is 1.75. The van der Waals surface area contributed by atoms with Gasteiger partial charge in [0.1, 0.15) is 12.4 Å². The van der Waals surface area contributed by atoms with Crippen molar-refractivity contribution in [3.8, 4) is 5.88 Å². The van der Waals surface area contributed by atoms with E-state index in [1.54, 1.807) is 12.5 Å². The summed E-state index contributed by atoms with van der Waals surface area (Å²) in [7, 11) is 0. The number of rotatable bonds is 7. The van der Waals surface area contributed by atoms with Crippen molar-refractivity contribution in [2.24, 2.45) is 5.92 Å². The molecule has 0 unspecified atom stereocenters. The molecule has 0 aliphatic rings. The lowest BCUT2D eigenvalue weighted by Gasteiger charge is -2.12. The normalized spacial score (nSPS) is 11.0. The van der Waals surface area contributed by atoms with E-state index >= 15 is 0 Å². The van der Waals surface area contributed by atoms with Crippen molar-refractivity contribution < 1.29 is 9.15 Å². The van der Waals surface area contributed by atoms with Crippen molar-refractivity contribution in [1.82, 2.24) is 10.3 Å². The topological polar surface area (TPSA) is 47.3 Å². The van der Waals surface area contributed by atoms with Gasteiger partial charge in [0.25, 0.3) is 0 Å². The second-order valence-corrected chi connectivity index (χ2v) is 5.93. The summed E-state index contributed by atoms with van der Waals surface area (Å²) in [6.07, 6.45) is 3.38. The lowest BCUT2D eigenvalue weighted by molar-refractivity contribution is 0.257. The highest BCUT2D eigenvalue weighted by Crippen LogP contribution is 2.21. The SMILES string of the molecule is CC(C)CNCc1cc(Br)cnc1OCc1ccco1. The first-order chi connectivity index (χ1) is 9.65. The number of hydrogen-bond donors (Lipinski definition) is 1. The highest BCUT2D eigenvalue weighted by molar-refractivity contribution is 9.10. The molecule has 0 saturated carbocycles. The third-order valence-electron chi connectivity index (χ3n) is 2.69. The molecule has 0 aromatic carbocycles. The smallest absolute Gasteiger partial charge is 0.218 e. The van der Waals surface area contributed by atoms with Crippen LogP contribution in [0.1, 0.15) is 25.2 Å². The number of nitrogens with zero attached hydrogens (tertiary/aromatic N) is 1. The minimum atomic E-state index is 0.388. The van der Waals surface area contributed by atoms with Gasteiger partial charge in [0.05, 0.1) is 6.26 Å². The standard InChI is InChI=1S/C15H19BrN2O2/c1-11(2)7-17-8-12-6-13(16)9-18-15(12)20-10-14-4-3-5-19-14/h3-6,9,11,17H,7-8,10H2,1-2H3. The van der Waals surface area contributed by atoms with Gasteiger partial charge in [-0.15, -0.1) is 0 Å². The Hall–Kier alpha value is -1.33. The highest BCUT2D eigenvalue weighted by atomic mass is 79.9. The molecule has 2 aromatic heterocycles. The Labute approximate surface area is 127 Å². The van der Waals surface area contributed by atoms with Crippen LogP contribution in [0.15, 0.2) is 39.5 Å². The van der Waals surface area contributed by atoms with E-state index in [4.69, 9.17) is 9.15 Å². The van der Waals surface area contributed by atoms with Crippen molar-refractivity contribution in [3.63, 3.8) is 0 Å². The van der Waals surface area contributed by atoms with Crippen molar-refractivity contribution in [2.45, 2.75) is 27.0 Å². The molecule has 1 N–H and O–H groups in total. The maximum Gasteiger partial charge on any atom is 0.218 e. The van der Waals surface area contributed by atoms with E-state index in [-0.39, 0.29) is 0 Å². The van der Waals surface area contributed by atoms with Gasteiger partial charge in [-0.3, -0.25) is 0 Å². The largest absolute Gasteiger partial charge is 0.469 e. The molecule has 2 heterocycles. The van der Waals surface area contributed by atoms with Gasteiger partial charge in [-0.1, -0.05) is 13.8 Å². The molecular formula is C15H19BrN2O2. The summed E-state index contributed by atoms with van der Waals surface area (Å²) in [6, 6.07) is 5.76. The molecule has 0 radical (unpaired) electrons. The molecule has 0 saturated heterocycles. The van der Waals surface area contributed by atoms with Crippen LogP contribution in [0, 0.1) is 5.92 Å². The number of halogens is 1. The number of pyridine rings is 1. The van der Waals surface area contributed by atoms with Gasteiger partial charge in [0.2, 0.25) is 5.88 Å². The van der Waals surface area contributed by atoms with Gasteiger partial charge < -0.3 is 14.5 Å². The van der Waals surface area contributed by atoms with E-state index in [2.05, 4.69) is 40.1 Å². The fraction of sp³-hybridized carbons (Fsp3) is 0.400. The van der Waals surface area contributed by atoms with Crippen LogP contribution in [0.3, 0.4) is 0 Å². The number of hydrogen-bond acceptors (Lipinski definition) is 4. The summed E-state index contributed by atoms with van der Waals surface area (Å²) in [5.74, 6) is 2.04. The molecular weight excluding hydrogens is 320 g/mol. The zero-order valence-corrected chi connectivity index (χ0v) is 13.3. The van der Waals surface area contributed by atoms with E-state index in [1.165, 1.54) is 0 Å². The minimum absolute atomic E-state index is 0.388. The summed E-state index contributed by atoms with van der Waals surface area (Å²) < 4.78 is 11.9. The van der Waals surface area contributed by atoms with E-state index in [0.717, 1.165) is 28.9 Å². The second-order valence-electron chi connectivity index (χ2n) is 5.01. The second kappa shape index (κ2) is 7.45. The maximum atomic E-state index is 5.73. The van der Waals surface area contributed by atoms with Crippen molar-refractivity contribution in [3.05, 3.63) is 46.5 Å². The Morgan fingerprint density at radius 3 is 3.00 bits per heavy atom. The van der Waals surface area contributed by atoms with Crippen molar-refractivity contribution >= 4 is 15.9 Å². The van der Waals surface area contributed by atoms with Crippen LogP contribution in [-0.2, 0) is 13.2 Å². The van der Waals surface area contributed by atoms with Crippen LogP contribution in [0.2, 0.25) is 0 Å². The first-order valence-corrected chi connectivity index (χ1v) is 7.44. The van der Waals surface area contributed by atoms with Crippen LogP contribution in [-0.4, -0.2) is 11.5 Å². The highest BCUT2D eigenvalue weighted by Gasteiger charge is 2.08. The molecule has 0 atom stereocenters. The molecule has 0 amide bonds. The fourth-order valence-corrected chi connectivity index (χ4v) is 2.13. The molecule has 20 heavy (non-hydrogen) atoms. The molecule has 0 spiro atoms. The van der Waals surface area contributed by atoms with Gasteiger partial charge in [-0.25, -0.2) is 4.98 Å². The van der Waals surface area contributed by atoms with Crippen LogP contribution in [0.25, 0.3) is 0 Å². The quantitative estimate of drug-likeness (QED) is 0.834. The molecule has 0 fully saturated rings. The van der Waals surface area contributed by atoms with E-state index < -0.39 is 0 Å². The Morgan fingerprint density at radius 2 is 2.30 bits per heavy atom. The number of furan rings is 1. The van der Waals surface area contributed by atoms with E-state index in [1.807, 2.05) is 18.2 Å². The molecule has 2 aromatic rings. The zero-order valence-electron chi connectivity index (χ0n) is 11.7. The van der Waals surface area contributed by atoms with Crippen LogP contribution in [0.5, 0.6) is 5.88 Å². The summed E-state index contributed by atoms with van der Waals surface area (Å²) in [4.78, 5) is 4.32. The minimum Gasteiger partial charge on any atom is -0.469 e. The predicted molar refractivity (Wildman–Crippen MR) is 81.5 cm³/mol. The zero-order chi connectivity index (χ0) is 14.4. The van der Waals surface area contributed by atoms with Crippen LogP contribution < -0.4 is 10.1 Å². The summed E-state index contributed by atoms with van der Waals surface area (Å²) in [5.41, 5.74) is 1.03. The summed E-state index contributed by atoms with van der Waals surface area (Å²) in [5, 5.41) is 3.40. The number of aromatic nitrogens is 1. The lowest BCUT2D eigenvalue weighted by Crippen LogP contribution is -2.19. The first-order valence-electron chi connectivity index (χ1n) is 6.65. The molecule has 5 heteroatoms. The average molecular weight is 339 g/mol. The monoisotopic (exact) mass is 338 g/mol. The van der Waals surface area contributed by atoms with Gasteiger partial charge in [0, 0.05) is 22.8 Å². The summed E-state index contributed by atoms with van der Waals surface area (Å²) >= 11 is 3.44. The molecule has 2 rings (SSSR count). The van der Waals surface area contributed by atoms with Gasteiger partial charge in [-0.05, 0) is 46.6 Å². The lowest BCUT2D eigenvalue weighted by atomic mass is 10.2. The maximum absolute atomic E-state index is 5.73. The van der Waals surface area contributed by atoms with Crippen molar-refractivity contribution in [1.29, 1.82) is 0 Å². The Kier molecular flexibility index (Phi) is 5.61. The predicted octanol–water partition coefficient (Wildman–Crippen LogP) is 3.76. The Morgan fingerprint density at radius 1 is 1.45 bits per heavy atom. The Bertz CT molecular complexity index is 527. The third kappa shape index (κ3) is 4.65. The van der Waals surface area contributed by atoms with Crippen LogP contribution in [0.4, 0.5) is 0 Å². The molecule has 0 aliphatic carbocycles. The molecule has 4 nitrogen and oxygen atoms in total. The van der Waals surface area contributed by atoms with Crippen LogP contribution >= 0.6 is 15.9 Å². The van der Waals surface area contributed by atoms with E-state index in [0.29, 0.717) is 18.4 Å². The molecule has 0 aliphatic heterocycles. The molecule has 108 valence electrons. The average Bonchev–Trinajstić information content (AvgIpc) is 2.90. The number of nitrogens with one attached hydrogen (secondary N) is 1. The molecule has 0 bridgehead atoms. The van der Waals surface area contributed by atoms with Crippen molar-refractivity contribution in [2.75, 3.05) is 6.54 Å². The van der Waals surface area contributed by atoms with Gasteiger partial charge in [0.15, 0.2) is 0 Å².